The van der Waals surface area contributed by atoms with Gasteiger partial charge in [0.05, 0.1) is 0 Å². The maximum atomic E-state index is 13.9. The highest BCUT2D eigenvalue weighted by Crippen LogP contribution is 2.51. The van der Waals surface area contributed by atoms with Crippen LogP contribution < -0.4 is 5.32 Å². The van der Waals surface area contributed by atoms with Crippen molar-refractivity contribution >= 4 is 6.09 Å². The highest BCUT2D eigenvalue weighted by Gasteiger charge is 2.51. The molecule has 0 heterocycles. The Morgan fingerprint density at radius 3 is 2.45 bits per heavy atom. The molecule has 2 fully saturated rings. The zero-order valence-corrected chi connectivity index (χ0v) is 18.7. The quantitative estimate of drug-likeness (QED) is 0.609. The van der Waals surface area contributed by atoms with E-state index in [1.165, 1.54) is 11.6 Å². The number of rotatable bonds is 8. The summed E-state index contributed by atoms with van der Waals surface area (Å²) in [4.78, 5) is 15.1. The number of amides is 1. The van der Waals surface area contributed by atoms with Crippen LogP contribution in [0.3, 0.4) is 0 Å². The number of hydrogen-bond acceptors (Lipinski definition) is 3. The maximum absolute atomic E-state index is 13.9. The van der Waals surface area contributed by atoms with E-state index < -0.39 is 5.60 Å². The van der Waals surface area contributed by atoms with E-state index in [4.69, 9.17) is 4.74 Å². The number of carbonyl (C=O) groups is 1. The second-order valence-electron chi connectivity index (χ2n) is 10.1. The summed E-state index contributed by atoms with van der Waals surface area (Å²) in [5, 5.41) is 3.42. The van der Waals surface area contributed by atoms with E-state index in [1.54, 1.807) is 6.07 Å². The van der Waals surface area contributed by atoms with Gasteiger partial charge in [0.2, 0.25) is 0 Å². The Labute approximate surface area is 184 Å². The Morgan fingerprint density at radius 1 is 1.13 bits per heavy atom. The summed E-state index contributed by atoms with van der Waals surface area (Å²) in [6.45, 7) is 7.68. The second-order valence-corrected chi connectivity index (χ2v) is 10.1. The molecule has 2 saturated carbocycles. The molecule has 1 amide bonds. The van der Waals surface area contributed by atoms with Crippen LogP contribution in [0.4, 0.5) is 9.18 Å². The molecule has 2 aliphatic carbocycles. The number of halogens is 1. The van der Waals surface area contributed by atoms with Gasteiger partial charge in [-0.1, -0.05) is 48.5 Å². The van der Waals surface area contributed by atoms with Crippen LogP contribution in [0.25, 0.3) is 0 Å². The van der Waals surface area contributed by atoms with E-state index in [-0.39, 0.29) is 23.4 Å². The average Bonchev–Trinajstić information content (AvgIpc) is 3.63. The first-order valence-electron chi connectivity index (χ1n) is 11.3. The number of nitrogens with zero attached hydrogens (tertiary/aromatic N) is 1. The highest BCUT2D eigenvalue weighted by molar-refractivity contribution is 5.69. The van der Waals surface area contributed by atoms with Crippen molar-refractivity contribution in [1.82, 2.24) is 10.2 Å². The number of hydrogen-bond donors (Lipinski definition) is 1. The van der Waals surface area contributed by atoms with Gasteiger partial charge in [0, 0.05) is 42.6 Å². The van der Waals surface area contributed by atoms with Crippen molar-refractivity contribution in [3.05, 3.63) is 71.5 Å². The molecule has 0 radical (unpaired) electrons. The molecule has 31 heavy (non-hydrogen) atoms. The normalized spacial score (nSPS) is 21.4. The first kappa shape index (κ1) is 21.8. The molecular weight excluding hydrogens is 391 g/mol. The van der Waals surface area contributed by atoms with Gasteiger partial charge in [0.25, 0.3) is 0 Å². The summed E-state index contributed by atoms with van der Waals surface area (Å²) in [5.74, 6) is 0.190. The molecule has 0 aliphatic heterocycles. The van der Waals surface area contributed by atoms with E-state index in [9.17, 15) is 9.18 Å². The molecular formula is C26H33FN2O2. The third-order valence-corrected chi connectivity index (χ3v) is 6.25. The molecule has 0 bridgehead atoms. The van der Waals surface area contributed by atoms with Gasteiger partial charge in [0.1, 0.15) is 11.4 Å². The zero-order valence-electron chi connectivity index (χ0n) is 18.7. The fourth-order valence-corrected chi connectivity index (χ4v) is 4.26. The van der Waals surface area contributed by atoms with Gasteiger partial charge in [-0.15, -0.1) is 0 Å². The summed E-state index contributed by atoms with van der Waals surface area (Å²) in [7, 11) is 0. The van der Waals surface area contributed by atoms with Crippen molar-refractivity contribution in [3.63, 3.8) is 0 Å². The fraction of sp³-hybridized carbons (Fsp3) is 0.500. The van der Waals surface area contributed by atoms with Crippen LogP contribution in [0.2, 0.25) is 0 Å². The van der Waals surface area contributed by atoms with Crippen molar-refractivity contribution in [1.29, 1.82) is 0 Å². The molecule has 4 nitrogen and oxygen atoms in total. The molecule has 2 aromatic rings. The van der Waals surface area contributed by atoms with Gasteiger partial charge in [0.15, 0.2) is 0 Å². The SMILES string of the molecule is CC(C)(C)OC(=O)N(CC1(CNCc2ccccc2F)CC1)[C@H]1CC1c1ccccc1. The molecule has 0 aromatic heterocycles. The van der Waals surface area contributed by atoms with Gasteiger partial charge in [-0.2, -0.15) is 0 Å². The van der Waals surface area contributed by atoms with Crippen molar-refractivity contribution in [2.45, 2.75) is 64.1 Å². The van der Waals surface area contributed by atoms with Gasteiger partial charge >= 0.3 is 6.09 Å². The lowest BCUT2D eigenvalue weighted by Crippen LogP contribution is -2.44. The van der Waals surface area contributed by atoms with Crippen molar-refractivity contribution in [2.75, 3.05) is 13.1 Å². The number of benzene rings is 2. The van der Waals surface area contributed by atoms with E-state index >= 15 is 0 Å². The molecule has 5 heteroatoms. The van der Waals surface area contributed by atoms with E-state index in [0.29, 0.717) is 24.6 Å². The molecule has 1 N–H and O–H groups in total. The average molecular weight is 425 g/mol. The lowest BCUT2D eigenvalue weighted by atomic mass is 10.1. The van der Waals surface area contributed by atoms with Crippen LogP contribution >= 0.6 is 0 Å². The van der Waals surface area contributed by atoms with Crippen LogP contribution in [0.1, 0.15) is 57.1 Å². The molecule has 0 saturated heterocycles. The first-order valence-corrected chi connectivity index (χ1v) is 11.3. The van der Waals surface area contributed by atoms with Crippen LogP contribution in [0, 0.1) is 11.2 Å². The fourth-order valence-electron chi connectivity index (χ4n) is 4.26. The Balaban J connectivity index is 1.41. The maximum Gasteiger partial charge on any atom is 0.410 e. The van der Waals surface area contributed by atoms with Gasteiger partial charge in [-0.25, -0.2) is 9.18 Å². The summed E-state index contributed by atoms with van der Waals surface area (Å²) >= 11 is 0. The number of carbonyl (C=O) groups excluding carboxylic acids is 1. The Morgan fingerprint density at radius 2 is 1.81 bits per heavy atom. The minimum atomic E-state index is -0.522. The molecule has 2 aromatic carbocycles. The summed E-state index contributed by atoms with van der Waals surface area (Å²) in [5.41, 5.74) is 1.48. The molecule has 4 rings (SSSR count). The summed E-state index contributed by atoms with van der Waals surface area (Å²) in [6.07, 6.45) is 2.89. The largest absolute Gasteiger partial charge is 0.444 e. The standard InChI is InChI=1S/C26H33FN2O2/c1-25(2,3)31-24(30)29(23-15-21(23)19-9-5-4-6-10-19)18-26(13-14-26)17-28-16-20-11-7-8-12-22(20)27/h4-12,21,23,28H,13-18H2,1-3H3/t21?,23-/m0/s1. The smallest absolute Gasteiger partial charge is 0.410 e. The van der Waals surface area contributed by atoms with Gasteiger partial charge in [-0.3, -0.25) is 0 Å². The van der Waals surface area contributed by atoms with E-state index in [0.717, 1.165) is 25.8 Å². The predicted molar refractivity (Wildman–Crippen MR) is 120 cm³/mol. The lowest BCUT2D eigenvalue weighted by molar-refractivity contribution is 0.0187. The van der Waals surface area contributed by atoms with Crippen molar-refractivity contribution in [3.8, 4) is 0 Å². The monoisotopic (exact) mass is 424 g/mol. The van der Waals surface area contributed by atoms with Gasteiger partial charge in [-0.05, 0) is 51.7 Å². The number of nitrogens with one attached hydrogen (secondary N) is 1. The van der Waals surface area contributed by atoms with Crippen molar-refractivity contribution in [2.24, 2.45) is 5.41 Å². The number of ether oxygens (including phenoxy) is 1. The van der Waals surface area contributed by atoms with E-state index in [1.807, 2.05) is 43.9 Å². The summed E-state index contributed by atoms with van der Waals surface area (Å²) < 4.78 is 19.7. The lowest BCUT2D eigenvalue weighted by Gasteiger charge is -2.31. The van der Waals surface area contributed by atoms with E-state index in [2.05, 4.69) is 29.6 Å². The minimum Gasteiger partial charge on any atom is -0.444 e. The Bertz CT molecular complexity index is 905. The predicted octanol–water partition coefficient (Wildman–Crippen LogP) is 5.49. The zero-order chi connectivity index (χ0) is 22.1. The van der Waals surface area contributed by atoms with Crippen molar-refractivity contribution < 1.29 is 13.9 Å². The van der Waals surface area contributed by atoms with Crippen LogP contribution in [-0.2, 0) is 11.3 Å². The highest BCUT2D eigenvalue weighted by atomic mass is 19.1. The Kier molecular flexibility index (Phi) is 6.07. The third kappa shape index (κ3) is 5.65. The van der Waals surface area contributed by atoms with Crippen LogP contribution in [0.15, 0.2) is 54.6 Å². The molecule has 0 spiro atoms. The minimum absolute atomic E-state index is 0.0476. The van der Waals surface area contributed by atoms with Crippen LogP contribution in [-0.4, -0.2) is 35.7 Å². The molecule has 2 atom stereocenters. The molecule has 2 aliphatic rings. The molecule has 166 valence electrons. The molecule has 1 unspecified atom stereocenters. The topological polar surface area (TPSA) is 41.6 Å². The third-order valence-electron chi connectivity index (χ3n) is 6.25. The van der Waals surface area contributed by atoms with Crippen LogP contribution in [0.5, 0.6) is 0 Å². The second kappa shape index (κ2) is 8.62. The van der Waals surface area contributed by atoms with Gasteiger partial charge < -0.3 is 15.0 Å². The first-order chi connectivity index (χ1) is 14.8. The summed E-state index contributed by atoms with van der Waals surface area (Å²) in [6, 6.07) is 17.5. The Hall–Kier alpha value is -2.40.